The van der Waals surface area contributed by atoms with Crippen LogP contribution < -0.4 is 10.6 Å². The molecule has 1 atom stereocenters. The molecule has 3 N–H and O–H groups in total. The summed E-state index contributed by atoms with van der Waals surface area (Å²) in [5, 5.41) is 15.1. The van der Waals surface area contributed by atoms with Crippen LogP contribution in [0, 0.1) is 13.8 Å². The minimum atomic E-state index is -0.413. The molecule has 0 spiro atoms. The van der Waals surface area contributed by atoms with Crippen LogP contribution in [-0.2, 0) is 9.53 Å². The highest BCUT2D eigenvalue weighted by atomic mass is 16.5. The van der Waals surface area contributed by atoms with Crippen molar-refractivity contribution in [1.29, 1.82) is 0 Å². The van der Waals surface area contributed by atoms with Gasteiger partial charge in [-0.25, -0.2) is 0 Å². The van der Waals surface area contributed by atoms with Gasteiger partial charge in [-0.2, -0.15) is 0 Å². The van der Waals surface area contributed by atoms with E-state index >= 15 is 0 Å². The average molecular weight is 294 g/mol. The summed E-state index contributed by atoms with van der Waals surface area (Å²) in [6.07, 6.45) is 0.525. The number of methoxy groups -OCH3 is 1. The lowest BCUT2D eigenvalue weighted by Crippen LogP contribution is -2.49. The Bertz CT molecular complexity index is 448. The summed E-state index contributed by atoms with van der Waals surface area (Å²) in [6, 6.07) is 5.94. The molecule has 118 valence electrons. The van der Waals surface area contributed by atoms with Crippen LogP contribution in [0.25, 0.3) is 0 Å². The van der Waals surface area contributed by atoms with Gasteiger partial charge < -0.3 is 20.5 Å². The average Bonchev–Trinajstić information content (AvgIpc) is 2.36. The van der Waals surface area contributed by atoms with Crippen LogP contribution in [0.4, 0.5) is 5.69 Å². The quantitative estimate of drug-likeness (QED) is 0.681. The zero-order valence-corrected chi connectivity index (χ0v) is 13.3. The fourth-order valence-electron chi connectivity index (χ4n) is 2.32. The highest BCUT2D eigenvalue weighted by Crippen LogP contribution is 2.14. The van der Waals surface area contributed by atoms with E-state index in [1.165, 1.54) is 0 Å². The van der Waals surface area contributed by atoms with Crippen molar-refractivity contribution in [3.05, 3.63) is 29.3 Å². The monoisotopic (exact) mass is 294 g/mol. The van der Waals surface area contributed by atoms with Gasteiger partial charge in [0, 0.05) is 24.9 Å². The standard InChI is InChI=1S/C16H26N2O3/c1-12-7-13(2)9-14(8-12)18-15(20)10-17-16(3,5-6-19)11-21-4/h7-9,17,19H,5-6,10-11H2,1-4H3,(H,18,20). The maximum Gasteiger partial charge on any atom is 0.238 e. The van der Waals surface area contributed by atoms with Crippen molar-refractivity contribution in [2.24, 2.45) is 0 Å². The molecule has 5 nitrogen and oxygen atoms in total. The number of aliphatic hydroxyl groups excluding tert-OH is 1. The largest absolute Gasteiger partial charge is 0.396 e. The van der Waals surface area contributed by atoms with E-state index < -0.39 is 5.54 Å². The Morgan fingerprint density at radius 1 is 1.29 bits per heavy atom. The summed E-state index contributed by atoms with van der Waals surface area (Å²) in [5.74, 6) is -0.111. The Balaban J connectivity index is 2.56. The number of carbonyl (C=O) groups is 1. The van der Waals surface area contributed by atoms with Crippen molar-refractivity contribution in [2.75, 3.05) is 32.2 Å². The van der Waals surface area contributed by atoms with Crippen LogP contribution in [0.5, 0.6) is 0 Å². The van der Waals surface area contributed by atoms with Gasteiger partial charge in [-0.15, -0.1) is 0 Å². The fourth-order valence-corrected chi connectivity index (χ4v) is 2.32. The van der Waals surface area contributed by atoms with Crippen LogP contribution in [0.15, 0.2) is 18.2 Å². The number of aryl methyl sites for hydroxylation is 2. The summed E-state index contributed by atoms with van der Waals surface area (Å²) in [7, 11) is 1.60. The predicted octanol–water partition coefficient (Wildman–Crippen LogP) is 1.62. The number of rotatable bonds is 8. The van der Waals surface area contributed by atoms with Crippen molar-refractivity contribution in [1.82, 2.24) is 5.32 Å². The minimum absolute atomic E-state index is 0.0472. The smallest absolute Gasteiger partial charge is 0.238 e. The molecule has 0 bridgehead atoms. The zero-order chi connectivity index (χ0) is 15.9. The van der Waals surface area contributed by atoms with E-state index in [1.54, 1.807) is 7.11 Å². The van der Waals surface area contributed by atoms with Crippen molar-refractivity contribution < 1.29 is 14.6 Å². The molecule has 1 aromatic carbocycles. The molecule has 1 aromatic rings. The lowest BCUT2D eigenvalue weighted by molar-refractivity contribution is -0.115. The first-order valence-corrected chi connectivity index (χ1v) is 7.11. The molecule has 0 fully saturated rings. The number of benzene rings is 1. The molecule has 0 radical (unpaired) electrons. The van der Waals surface area contributed by atoms with Crippen molar-refractivity contribution in [2.45, 2.75) is 32.7 Å². The van der Waals surface area contributed by atoms with Gasteiger partial charge in [-0.05, 0) is 50.5 Å². The third kappa shape index (κ3) is 6.25. The summed E-state index contributed by atoms with van der Waals surface area (Å²) in [4.78, 5) is 12.0. The maximum atomic E-state index is 12.0. The van der Waals surface area contributed by atoms with E-state index in [0.717, 1.165) is 16.8 Å². The van der Waals surface area contributed by atoms with Crippen LogP contribution in [0.1, 0.15) is 24.5 Å². The molecule has 0 aliphatic rings. The van der Waals surface area contributed by atoms with Gasteiger partial charge in [0.1, 0.15) is 0 Å². The number of amides is 1. The Kier molecular flexibility index (Phi) is 6.81. The van der Waals surface area contributed by atoms with Gasteiger partial charge in [0.2, 0.25) is 5.91 Å². The molecule has 0 aliphatic carbocycles. The van der Waals surface area contributed by atoms with Crippen molar-refractivity contribution >= 4 is 11.6 Å². The molecule has 1 rings (SSSR count). The van der Waals surface area contributed by atoms with Gasteiger partial charge in [-0.3, -0.25) is 4.79 Å². The van der Waals surface area contributed by atoms with Crippen LogP contribution in [-0.4, -0.2) is 43.4 Å². The van der Waals surface area contributed by atoms with Crippen molar-refractivity contribution in [3.8, 4) is 0 Å². The Morgan fingerprint density at radius 2 is 1.90 bits per heavy atom. The molecule has 5 heteroatoms. The molecule has 1 unspecified atom stereocenters. The second kappa shape index (κ2) is 8.12. The number of anilines is 1. The molecule has 0 aliphatic heterocycles. The molecule has 0 saturated carbocycles. The molecule has 0 aromatic heterocycles. The van der Waals surface area contributed by atoms with Crippen LogP contribution in [0.2, 0.25) is 0 Å². The van der Waals surface area contributed by atoms with Gasteiger partial charge in [0.05, 0.1) is 13.2 Å². The lowest BCUT2D eigenvalue weighted by Gasteiger charge is -2.29. The van der Waals surface area contributed by atoms with Gasteiger partial charge >= 0.3 is 0 Å². The van der Waals surface area contributed by atoms with Crippen LogP contribution >= 0.6 is 0 Å². The molecular weight excluding hydrogens is 268 g/mol. The highest BCUT2D eigenvalue weighted by molar-refractivity contribution is 5.92. The second-order valence-corrected chi connectivity index (χ2v) is 5.75. The fraction of sp³-hybridized carbons (Fsp3) is 0.562. The summed E-state index contributed by atoms with van der Waals surface area (Å²) < 4.78 is 5.14. The first kappa shape index (κ1) is 17.6. The Hall–Kier alpha value is -1.43. The number of carbonyl (C=O) groups excluding carboxylic acids is 1. The molecule has 0 heterocycles. The second-order valence-electron chi connectivity index (χ2n) is 5.75. The van der Waals surface area contributed by atoms with Gasteiger partial charge in [0.25, 0.3) is 0 Å². The molecular formula is C16H26N2O3. The number of hydrogen-bond acceptors (Lipinski definition) is 4. The lowest BCUT2D eigenvalue weighted by atomic mass is 9.99. The normalized spacial score (nSPS) is 13.8. The van der Waals surface area contributed by atoms with E-state index in [-0.39, 0.29) is 19.1 Å². The third-order valence-corrected chi connectivity index (χ3v) is 3.31. The highest BCUT2D eigenvalue weighted by Gasteiger charge is 2.23. The van der Waals surface area contributed by atoms with E-state index in [0.29, 0.717) is 13.0 Å². The number of hydrogen-bond donors (Lipinski definition) is 3. The molecule has 1 amide bonds. The topological polar surface area (TPSA) is 70.6 Å². The van der Waals surface area contributed by atoms with E-state index in [9.17, 15) is 4.79 Å². The number of nitrogens with one attached hydrogen (secondary N) is 2. The number of ether oxygens (including phenoxy) is 1. The van der Waals surface area contributed by atoms with Gasteiger partial charge in [-0.1, -0.05) is 6.07 Å². The molecule has 0 saturated heterocycles. The minimum Gasteiger partial charge on any atom is -0.396 e. The zero-order valence-electron chi connectivity index (χ0n) is 13.3. The summed E-state index contributed by atoms with van der Waals surface area (Å²) in [5.41, 5.74) is 2.61. The predicted molar refractivity (Wildman–Crippen MR) is 84.5 cm³/mol. The van der Waals surface area contributed by atoms with E-state index in [4.69, 9.17) is 9.84 Å². The SMILES string of the molecule is COCC(C)(CCO)NCC(=O)Nc1cc(C)cc(C)c1. The summed E-state index contributed by atoms with van der Waals surface area (Å²) in [6.45, 7) is 6.58. The van der Waals surface area contributed by atoms with Gasteiger partial charge in [0.15, 0.2) is 0 Å². The van der Waals surface area contributed by atoms with Crippen molar-refractivity contribution in [3.63, 3.8) is 0 Å². The first-order valence-electron chi connectivity index (χ1n) is 7.11. The maximum absolute atomic E-state index is 12.0. The van der Waals surface area contributed by atoms with E-state index in [2.05, 4.69) is 16.7 Å². The summed E-state index contributed by atoms with van der Waals surface area (Å²) >= 11 is 0. The Labute approximate surface area is 126 Å². The van der Waals surface area contributed by atoms with Crippen LogP contribution in [0.3, 0.4) is 0 Å². The number of aliphatic hydroxyl groups is 1. The first-order chi connectivity index (χ1) is 9.88. The van der Waals surface area contributed by atoms with E-state index in [1.807, 2.05) is 32.9 Å². The third-order valence-electron chi connectivity index (χ3n) is 3.31. The molecule has 21 heavy (non-hydrogen) atoms. The Morgan fingerprint density at radius 3 is 2.43 bits per heavy atom.